The number of fused-ring (bicyclic) bond motifs is 2. The highest BCUT2D eigenvalue weighted by Crippen LogP contribution is 2.37. The van der Waals surface area contributed by atoms with Gasteiger partial charge in [0.05, 0.1) is 16.9 Å². The summed E-state index contributed by atoms with van der Waals surface area (Å²) in [5, 5.41) is 0.547. The average Bonchev–Trinajstić information content (AvgIpc) is 2.83. The molecule has 0 saturated heterocycles. The number of rotatable bonds is 5. The predicted octanol–water partition coefficient (Wildman–Crippen LogP) is 4.92. The Balaban J connectivity index is 1.72. The van der Waals surface area contributed by atoms with Gasteiger partial charge >= 0.3 is 0 Å². The topological polar surface area (TPSA) is 55.2 Å². The standard InChI is InChI=1S/C28H27N3O2/c1-19(2)25-26-29-23-16-10-9-15-22(23)27(32)31(26)24(17-20-11-5-3-6-12-20)28(33)30(25)18-21-13-7-4-8-14-21/h3-16,19,24-25H,17-18H2,1-2H3/t24-,25+/m1/s1. The van der Waals surface area contributed by atoms with Crippen LogP contribution in [-0.2, 0) is 17.8 Å². The van der Waals surface area contributed by atoms with Crippen LogP contribution in [0.3, 0.4) is 0 Å². The number of benzene rings is 3. The first-order valence-corrected chi connectivity index (χ1v) is 11.4. The molecule has 5 heteroatoms. The van der Waals surface area contributed by atoms with E-state index in [0.717, 1.165) is 11.1 Å². The second-order valence-corrected chi connectivity index (χ2v) is 9.01. The first-order valence-electron chi connectivity index (χ1n) is 11.4. The molecule has 0 fully saturated rings. The summed E-state index contributed by atoms with van der Waals surface area (Å²) in [7, 11) is 0. The summed E-state index contributed by atoms with van der Waals surface area (Å²) in [5.74, 6) is 0.730. The summed E-state index contributed by atoms with van der Waals surface area (Å²) >= 11 is 0. The van der Waals surface area contributed by atoms with Gasteiger partial charge < -0.3 is 4.90 Å². The molecule has 1 aromatic heterocycles. The number of hydrogen-bond acceptors (Lipinski definition) is 3. The maximum atomic E-state index is 14.0. The molecule has 0 bridgehead atoms. The van der Waals surface area contributed by atoms with Crippen molar-refractivity contribution in [3.05, 3.63) is 112 Å². The third-order valence-electron chi connectivity index (χ3n) is 6.41. The lowest BCUT2D eigenvalue weighted by atomic mass is 9.93. The lowest BCUT2D eigenvalue weighted by Gasteiger charge is -2.43. The zero-order valence-corrected chi connectivity index (χ0v) is 18.9. The van der Waals surface area contributed by atoms with Crippen molar-refractivity contribution in [2.45, 2.75) is 38.9 Å². The van der Waals surface area contributed by atoms with E-state index in [9.17, 15) is 9.59 Å². The summed E-state index contributed by atoms with van der Waals surface area (Å²) in [6.45, 7) is 4.65. The molecule has 33 heavy (non-hydrogen) atoms. The number of aromatic nitrogens is 2. The average molecular weight is 438 g/mol. The zero-order chi connectivity index (χ0) is 22.9. The molecule has 166 valence electrons. The largest absolute Gasteiger partial charge is 0.326 e. The molecule has 1 aliphatic rings. The lowest BCUT2D eigenvalue weighted by Crippen LogP contribution is -2.51. The van der Waals surface area contributed by atoms with E-state index in [1.165, 1.54) is 0 Å². The van der Waals surface area contributed by atoms with Crippen LogP contribution < -0.4 is 5.56 Å². The molecule has 4 aromatic rings. The van der Waals surface area contributed by atoms with Crippen molar-refractivity contribution < 1.29 is 4.79 Å². The van der Waals surface area contributed by atoms with Crippen LogP contribution in [0.2, 0.25) is 0 Å². The Kier molecular flexibility index (Phi) is 5.55. The van der Waals surface area contributed by atoms with Crippen LogP contribution in [0.1, 0.15) is 42.9 Å². The fourth-order valence-corrected chi connectivity index (χ4v) is 4.88. The summed E-state index contributed by atoms with van der Waals surface area (Å²) < 4.78 is 1.67. The van der Waals surface area contributed by atoms with Gasteiger partial charge in [0, 0.05) is 13.0 Å². The minimum absolute atomic E-state index is 0.0342. The van der Waals surface area contributed by atoms with Gasteiger partial charge in [-0.25, -0.2) is 4.98 Å². The van der Waals surface area contributed by atoms with E-state index < -0.39 is 6.04 Å². The van der Waals surface area contributed by atoms with Gasteiger partial charge in [-0.3, -0.25) is 14.2 Å². The van der Waals surface area contributed by atoms with Crippen molar-refractivity contribution >= 4 is 16.8 Å². The molecular formula is C28H27N3O2. The molecule has 0 unspecified atom stereocenters. The Bertz CT molecular complexity index is 1350. The highest BCUT2D eigenvalue weighted by molar-refractivity contribution is 5.84. The van der Waals surface area contributed by atoms with Crippen molar-refractivity contribution in [2.75, 3.05) is 0 Å². The second-order valence-electron chi connectivity index (χ2n) is 9.01. The van der Waals surface area contributed by atoms with Crippen molar-refractivity contribution in [3.8, 4) is 0 Å². The third kappa shape index (κ3) is 3.84. The summed E-state index contributed by atoms with van der Waals surface area (Å²) in [6.07, 6.45) is 0.447. The van der Waals surface area contributed by atoms with Crippen LogP contribution in [0.5, 0.6) is 0 Å². The van der Waals surface area contributed by atoms with E-state index in [0.29, 0.717) is 29.7 Å². The van der Waals surface area contributed by atoms with Gasteiger partial charge in [-0.15, -0.1) is 0 Å². The van der Waals surface area contributed by atoms with Crippen LogP contribution in [0, 0.1) is 5.92 Å². The van der Waals surface area contributed by atoms with Gasteiger partial charge in [-0.2, -0.15) is 0 Å². The molecule has 0 N–H and O–H groups in total. The van der Waals surface area contributed by atoms with Crippen LogP contribution in [0.25, 0.3) is 10.9 Å². The molecule has 0 aliphatic carbocycles. The Labute approximate surface area is 193 Å². The Morgan fingerprint density at radius 2 is 1.42 bits per heavy atom. The van der Waals surface area contributed by atoms with Crippen LogP contribution >= 0.6 is 0 Å². The monoisotopic (exact) mass is 437 g/mol. The fourth-order valence-electron chi connectivity index (χ4n) is 4.88. The summed E-state index contributed by atoms with van der Waals surface area (Å²) in [6, 6.07) is 26.4. The minimum Gasteiger partial charge on any atom is -0.326 e. The van der Waals surface area contributed by atoms with E-state index in [4.69, 9.17) is 4.98 Å². The van der Waals surface area contributed by atoms with Crippen LogP contribution in [0.15, 0.2) is 89.7 Å². The molecule has 2 heterocycles. The van der Waals surface area contributed by atoms with Gasteiger partial charge in [0.2, 0.25) is 5.91 Å². The smallest absolute Gasteiger partial charge is 0.262 e. The highest BCUT2D eigenvalue weighted by Gasteiger charge is 2.42. The Hall–Kier alpha value is -3.73. The molecule has 0 radical (unpaired) electrons. The second kappa shape index (κ2) is 8.66. The lowest BCUT2D eigenvalue weighted by molar-refractivity contribution is -0.142. The first-order chi connectivity index (χ1) is 16.0. The fraction of sp³-hybridized carbons (Fsp3) is 0.250. The number of amides is 1. The van der Waals surface area contributed by atoms with Crippen molar-refractivity contribution in [2.24, 2.45) is 5.92 Å². The normalized spacial score (nSPS) is 18.0. The predicted molar refractivity (Wildman–Crippen MR) is 130 cm³/mol. The van der Waals surface area contributed by atoms with Gasteiger partial charge in [0.25, 0.3) is 5.56 Å². The minimum atomic E-state index is -0.634. The molecule has 1 aliphatic heterocycles. The molecule has 0 saturated carbocycles. The molecule has 5 nitrogen and oxygen atoms in total. The molecule has 1 amide bonds. The molecule has 3 aromatic carbocycles. The van der Waals surface area contributed by atoms with Crippen LogP contribution in [0.4, 0.5) is 0 Å². The van der Waals surface area contributed by atoms with E-state index >= 15 is 0 Å². The van der Waals surface area contributed by atoms with E-state index in [1.54, 1.807) is 10.6 Å². The molecule has 5 rings (SSSR count). The first kappa shape index (κ1) is 21.1. The maximum absolute atomic E-state index is 14.0. The Morgan fingerprint density at radius 1 is 0.818 bits per heavy atom. The molecule has 0 spiro atoms. The SMILES string of the molecule is CC(C)[C@H]1c2nc3ccccc3c(=O)n2[C@H](Cc2ccccc2)C(=O)N1Cc1ccccc1. The van der Waals surface area contributed by atoms with Crippen LogP contribution in [-0.4, -0.2) is 20.4 Å². The van der Waals surface area contributed by atoms with E-state index in [-0.39, 0.29) is 23.4 Å². The number of carbonyl (C=O) groups excluding carboxylic acids is 1. The number of para-hydroxylation sites is 1. The third-order valence-corrected chi connectivity index (χ3v) is 6.41. The van der Waals surface area contributed by atoms with Gasteiger partial charge in [0.1, 0.15) is 11.9 Å². The van der Waals surface area contributed by atoms with Crippen molar-refractivity contribution in [3.63, 3.8) is 0 Å². The van der Waals surface area contributed by atoms with Crippen molar-refractivity contribution in [1.82, 2.24) is 14.5 Å². The van der Waals surface area contributed by atoms with Gasteiger partial charge in [-0.05, 0) is 29.2 Å². The summed E-state index contributed by atoms with van der Waals surface area (Å²) in [4.78, 5) is 34.6. The molecule has 2 atom stereocenters. The van der Waals surface area contributed by atoms with E-state index in [1.807, 2.05) is 83.8 Å². The van der Waals surface area contributed by atoms with Crippen molar-refractivity contribution in [1.29, 1.82) is 0 Å². The number of nitrogens with zero attached hydrogens (tertiary/aromatic N) is 3. The number of carbonyl (C=O) groups is 1. The van der Waals surface area contributed by atoms with Gasteiger partial charge in [0.15, 0.2) is 0 Å². The Morgan fingerprint density at radius 3 is 2.09 bits per heavy atom. The summed E-state index contributed by atoms with van der Waals surface area (Å²) in [5.41, 5.74) is 2.61. The molecular weight excluding hydrogens is 410 g/mol. The number of hydrogen-bond donors (Lipinski definition) is 0. The quantitative estimate of drug-likeness (QED) is 0.445. The maximum Gasteiger partial charge on any atom is 0.262 e. The zero-order valence-electron chi connectivity index (χ0n) is 18.9. The highest BCUT2D eigenvalue weighted by atomic mass is 16.2. The van der Waals surface area contributed by atoms with Gasteiger partial charge in [-0.1, -0.05) is 86.6 Å². The van der Waals surface area contributed by atoms with E-state index in [2.05, 4.69) is 13.8 Å².